The van der Waals surface area contributed by atoms with Crippen LogP contribution in [0.3, 0.4) is 0 Å². The number of nitrogens with zero attached hydrogens (tertiary/aromatic N) is 5. The Labute approximate surface area is 155 Å². The smallest absolute Gasteiger partial charge is 0.171 e. The quantitative estimate of drug-likeness (QED) is 0.690. The van der Waals surface area contributed by atoms with Crippen molar-refractivity contribution in [2.45, 2.75) is 18.6 Å². The zero-order chi connectivity index (χ0) is 17.6. The van der Waals surface area contributed by atoms with Crippen LogP contribution in [0, 0.1) is 0 Å². The van der Waals surface area contributed by atoms with Gasteiger partial charge in [0.2, 0.25) is 0 Å². The fourth-order valence-electron chi connectivity index (χ4n) is 3.70. The Morgan fingerprint density at radius 1 is 1.00 bits per heavy atom. The van der Waals surface area contributed by atoms with Crippen molar-refractivity contribution in [2.24, 2.45) is 0 Å². The van der Waals surface area contributed by atoms with Crippen LogP contribution in [0.1, 0.15) is 12.8 Å². The summed E-state index contributed by atoms with van der Waals surface area (Å²) in [5, 5.41) is 6.15. The number of halogens is 1. The van der Waals surface area contributed by atoms with Gasteiger partial charge in [0.05, 0.1) is 30.5 Å². The minimum atomic E-state index is -0.393. The molecule has 5 rings (SSSR count). The number of ether oxygens (including phenoxy) is 2. The topological polar surface area (TPSA) is 65.3 Å². The van der Waals surface area contributed by atoms with Gasteiger partial charge in [-0.3, -0.25) is 0 Å². The first kappa shape index (κ1) is 16.0. The van der Waals surface area contributed by atoms with Crippen LogP contribution >= 0.6 is 11.6 Å². The second-order valence-electron chi connectivity index (χ2n) is 6.56. The lowest BCUT2D eigenvalue weighted by Gasteiger charge is -2.38. The molecule has 2 saturated heterocycles. The van der Waals surface area contributed by atoms with E-state index in [1.165, 1.54) is 0 Å². The first-order chi connectivity index (χ1) is 12.7. The van der Waals surface area contributed by atoms with Crippen molar-refractivity contribution in [3.8, 4) is 5.69 Å². The molecule has 2 aliphatic rings. The molecule has 0 atom stereocenters. The maximum absolute atomic E-state index is 5.99. The Hall–Kier alpha value is -2.22. The third kappa shape index (κ3) is 2.63. The van der Waals surface area contributed by atoms with Crippen LogP contribution in [-0.2, 0) is 9.47 Å². The van der Waals surface area contributed by atoms with E-state index in [0.29, 0.717) is 18.2 Å². The van der Waals surface area contributed by atoms with Crippen LogP contribution < -0.4 is 4.90 Å². The molecule has 0 aliphatic carbocycles. The minimum absolute atomic E-state index is 0.393. The highest BCUT2D eigenvalue weighted by atomic mass is 35.5. The third-order valence-electron chi connectivity index (χ3n) is 5.05. The molecule has 134 valence electrons. The summed E-state index contributed by atoms with van der Waals surface area (Å²) in [5.41, 5.74) is 1.70. The van der Waals surface area contributed by atoms with Crippen molar-refractivity contribution in [1.29, 1.82) is 0 Å². The number of benzene rings is 1. The largest absolute Gasteiger partial charge is 0.355 e. The predicted octanol–water partition coefficient (Wildman–Crippen LogP) is 2.81. The maximum atomic E-state index is 5.99. The standard InChI is InChI=1S/C18H18ClN5O2/c19-13-1-3-14(4-2-13)24-17-15(11-22-24)16(20-12-21-17)23-7-5-18(6-8-23)25-9-10-26-18/h1-4,11-12H,5-10H2. The fraction of sp³-hybridized carbons (Fsp3) is 0.389. The van der Waals surface area contributed by atoms with E-state index >= 15 is 0 Å². The summed E-state index contributed by atoms with van der Waals surface area (Å²) in [6, 6.07) is 7.54. The number of hydrogen-bond donors (Lipinski definition) is 0. The summed E-state index contributed by atoms with van der Waals surface area (Å²) in [7, 11) is 0. The normalized spacial score (nSPS) is 19.5. The number of fused-ring (bicyclic) bond motifs is 1. The van der Waals surface area contributed by atoms with Crippen molar-refractivity contribution in [1.82, 2.24) is 19.7 Å². The van der Waals surface area contributed by atoms with Crippen LogP contribution in [0.4, 0.5) is 5.82 Å². The van der Waals surface area contributed by atoms with E-state index in [-0.39, 0.29) is 0 Å². The zero-order valence-corrected chi connectivity index (χ0v) is 14.9. The molecule has 8 heteroatoms. The number of rotatable bonds is 2. The summed E-state index contributed by atoms with van der Waals surface area (Å²) < 4.78 is 13.4. The van der Waals surface area contributed by atoms with Crippen LogP contribution in [0.15, 0.2) is 36.8 Å². The molecule has 0 radical (unpaired) electrons. The molecule has 2 aromatic heterocycles. The minimum Gasteiger partial charge on any atom is -0.355 e. The van der Waals surface area contributed by atoms with Gasteiger partial charge in [-0.15, -0.1) is 0 Å². The molecule has 26 heavy (non-hydrogen) atoms. The Morgan fingerprint density at radius 2 is 1.73 bits per heavy atom. The number of anilines is 1. The van der Waals surface area contributed by atoms with Crippen LogP contribution in [0.25, 0.3) is 16.7 Å². The van der Waals surface area contributed by atoms with Gasteiger partial charge in [0.1, 0.15) is 12.1 Å². The van der Waals surface area contributed by atoms with Crippen molar-refractivity contribution < 1.29 is 9.47 Å². The molecule has 1 aromatic carbocycles. The maximum Gasteiger partial charge on any atom is 0.171 e. The molecule has 4 heterocycles. The fourth-order valence-corrected chi connectivity index (χ4v) is 3.83. The van der Waals surface area contributed by atoms with Gasteiger partial charge in [0.15, 0.2) is 11.4 Å². The van der Waals surface area contributed by atoms with E-state index in [0.717, 1.165) is 48.5 Å². The third-order valence-corrected chi connectivity index (χ3v) is 5.31. The Kier molecular flexibility index (Phi) is 3.81. The molecule has 0 bridgehead atoms. The Bertz CT molecular complexity index is 926. The first-order valence-corrected chi connectivity index (χ1v) is 9.09. The molecule has 3 aromatic rings. The van der Waals surface area contributed by atoms with E-state index in [2.05, 4.69) is 20.0 Å². The summed E-state index contributed by atoms with van der Waals surface area (Å²) in [6.07, 6.45) is 5.10. The van der Waals surface area contributed by atoms with Gasteiger partial charge in [0, 0.05) is 31.0 Å². The molecule has 0 saturated carbocycles. The van der Waals surface area contributed by atoms with Crippen molar-refractivity contribution in [3.05, 3.63) is 41.8 Å². The van der Waals surface area contributed by atoms with E-state index < -0.39 is 5.79 Å². The van der Waals surface area contributed by atoms with Gasteiger partial charge in [-0.1, -0.05) is 11.6 Å². The number of aromatic nitrogens is 4. The van der Waals surface area contributed by atoms with Gasteiger partial charge < -0.3 is 14.4 Å². The summed E-state index contributed by atoms with van der Waals surface area (Å²) in [6.45, 7) is 3.04. The molecule has 2 aliphatic heterocycles. The van der Waals surface area contributed by atoms with Crippen molar-refractivity contribution >= 4 is 28.5 Å². The zero-order valence-electron chi connectivity index (χ0n) is 14.1. The second-order valence-corrected chi connectivity index (χ2v) is 7.00. The second kappa shape index (κ2) is 6.19. The SMILES string of the molecule is Clc1ccc(-n2ncc3c(N4CCC5(CC4)OCCO5)ncnc32)cc1. The van der Waals surface area contributed by atoms with Crippen LogP contribution in [0.5, 0.6) is 0 Å². The summed E-state index contributed by atoms with van der Waals surface area (Å²) >= 11 is 5.99. The molecule has 0 amide bonds. The number of piperidine rings is 1. The molecule has 0 N–H and O–H groups in total. The lowest BCUT2D eigenvalue weighted by atomic mass is 10.0. The predicted molar refractivity (Wildman–Crippen MR) is 97.8 cm³/mol. The van der Waals surface area contributed by atoms with Gasteiger partial charge in [-0.25, -0.2) is 14.6 Å². The van der Waals surface area contributed by atoms with Gasteiger partial charge in [-0.05, 0) is 24.3 Å². The molecular formula is C18H18ClN5O2. The Morgan fingerprint density at radius 3 is 2.46 bits per heavy atom. The lowest BCUT2D eigenvalue weighted by Crippen LogP contribution is -2.45. The molecule has 2 fully saturated rings. The summed E-state index contributed by atoms with van der Waals surface area (Å²) in [5.74, 6) is 0.513. The van der Waals surface area contributed by atoms with Gasteiger partial charge in [0.25, 0.3) is 0 Å². The van der Waals surface area contributed by atoms with E-state index in [9.17, 15) is 0 Å². The Balaban J connectivity index is 1.47. The average Bonchev–Trinajstić information content (AvgIpc) is 3.30. The number of hydrogen-bond acceptors (Lipinski definition) is 6. The van der Waals surface area contributed by atoms with E-state index in [1.807, 2.05) is 35.1 Å². The average molecular weight is 372 g/mol. The van der Waals surface area contributed by atoms with Gasteiger partial charge in [-0.2, -0.15) is 5.10 Å². The summed E-state index contributed by atoms with van der Waals surface area (Å²) in [4.78, 5) is 11.2. The van der Waals surface area contributed by atoms with Crippen LogP contribution in [0.2, 0.25) is 5.02 Å². The van der Waals surface area contributed by atoms with E-state index in [1.54, 1.807) is 6.33 Å². The molecule has 7 nitrogen and oxygen atoms in total. The molecule has 1 spiro atoms. The highest BCUT2D eigenvalue weighted by Crippen LogP contribution is 2.34. The van der Waals surface area contributed by atoms with Gasteiger partial charge >= 0.3 is 0 Å². The molecule has 0 unspecified atom stereocenters. The van der Waals surface area contributed by atoms with Crippen molar-refractivity contribution in [2.75, 3.05) is 31.2 Å². The molecular weight excluding hydrogens is 354 g/mol. The monoisotopic (exact) mass is 371 g/mol. The first-order valence-electron chi connectivity index (χ1n) is 8.72. The highest BCUT2D eigenvalue weighted by Gasteiger charge is 2.40. The van der Waals surface area contributed by atoms with Crippen molar-refractivity contribution in [3.63, 3.8) is 0 Å². The van der Waals surface area contributed by atoms with E-state index in [4.69, 9.17) is 21.1 Å². The highest BCUT2D eigenvalue weighted by molar-refractivity contribution is 6.30. The van der Waals surface area contributed by atoms with Crippen LogP contribution in [-0.4, -0.2) is 51.8 Å². The lowest BCUT2D eigenvalue weighted by molar-refractivity contribution is -0.169.